The lowest BCUT2D eigenvalue weighted by Crippen LogP contribution is -2.12. The van der Waals surface area contributed by atoms with Gasteiger partial charge in [0.2, 0.25) is 5.91 Å². The number of hydrazone groups is 1. The summed E-state index contributed by atoms with van der Waals surface area (Å²) >= 11 is 6.01. The SMILES string of the molecule is CC(=O)N/N=C\c1ccc(OCCCOc2ccccc2Cl)cc1. The second-order valence-corrected chi connectivity index (χ2v) is 5.38. The number of benzene rings is 2. The smallest absolute Gasteiger partial charge is 0.236 e. The summed E-state index contributed by atoms with van der Waals surface area (Å²) in [6.45, 7) is 2.48. The molecule has 0 aliphatic rings. The number of amides is 1. The highest BCUT2D eigenvalue weighted by molar-refractivity contribution is 6.32. The maximum absolute atomic E-state index is 10.7. The van der Waals surface area contributed by atoms with E-state index in [-0.39, 0.29) is 5.91 Å². The molecule has 0 heterocycles. The van der Waals surface area contributed by atoms with Gasteiger partial charge in [-0.3, -0.25) is 4.79 Å². The lowest BCUT2D eigenvalue weighted by Gasteiger charge is -2.09. The van der Waals surface area contributed by atoms with Crippen molar-refractivity contribution < 1.29 is 14.3 Å². The molecule has 0 bridgehead atoms. The van der Waals surface area contributed by atoms with Crippen LogP contribution in [0.1, 0.15) is 18.9 Å². The van der Waals surface area contributed by atoms with Crippen molar-refractivity contribution in [3.63, 3.8) is 0 Å². The highest BCUT2D eigenvalue weighted by Gasteiger charge is 2.00. The van der Waals surface area contributed by atoms with Gasteiger partial charge in [-0.25, -0.2) is 5.43 Å². The van der Waals surface area contributed by atoms with E-state index < -0.39 is 0 Å². The molecular formula is C18H19ClN2O3. The van der Waals surface area contributed by atoms with Crippen molar-refractivity contribution in [2.45, 2.75) is 13.3 Å². The number of carbonyl (C=O) groups is 1. The minimum absolute atomic E-state index is 0.204. The van der Waals surface area contributed by atoms with Gasteiger partial charge in [0.15, 0.2) is 0 Å². The molecule has 5 nitrogen and oxygen atoms in total. The molecule has 0 saturated heterocycles. The molecule has 0 atom stereocenters. The Labute approximate surface area is 146 Å². The van der Waals surface area contributed by atoms with Crippen LogP contribution in [-0.4, -0.2) is 25.3 Å². The zero-order valence-electron chi connectivity index (χ0n) is 13.4. The van der Waals surface area contributed by atoms with Crippen molar-refractivity contribution in [3.05, 3.63) is 59.1 Å². The minimum atomic E-state index is -0.204. The van der Waals surface area contributed by atoms with E-state index in [1.807, 2.05) is 42.5 Å². The largest absolute Gasteiger partial charge is 0.493 e. The van der Waals surface area contributed by atoms with E-state index in [0.29, 0.717) is 24.0 Å². The Morgan fingerprint density at radius 3 is 2.54 bits per heavy atom. The molecule has 0 fully saturated rings. The number of para-hydroxylation sites is 1. The third-order valence-electron chi connectivity index (χ3n) is 2.97. The van der Waals surface area contributed by atoms with Gasteiger partial charge in [-0.1, -0.05) is 23.7 Å². The zero-order chi connectivity index (χ0) is 17.2. The molecule has 1 amide bonds. The summed E-state index contributed by atoms with van der Waals surface area (Å²) in [4.78, 5) is 10.7. The fourth-order valence-electron chi connectivity index (χ4n) is 1.84. The summed E-state index contributed by atoms with van der Waals surface area (Å²) in [5.74, 6) is 1.25. The lowest BCUT2D eigenvalue weighted by atomic mass is 10.2. The summed E-state index contributed by atoms with van der Waals surface area (Å²) in [5.41, 5.74) is 3.22. The predicted octanol–water partition coefficient (Wildman–Crippen LogP) is 3.66. The number of hydrogen-bond donors (Lipinski definition) is 1. The number of nitrogens with one attached hydrogen (secondary N) is 1. The van der Waals surface area contributed by atoms with E-state index in [9.17, 15) is 4.79 Å². The van der Waals surface area contributed by atoms with Crippen molar-refractivity contribution in [1.82, 2.24) is 5.43 Å². The molecule has 0 spiro atoms. The van der Waals surface area contributed by atoms with Gasteiger partial charge in [0.05, 0.1) is 24.5 Å². The molecule has 2 rings (SSSR count). The average molecular weight is 347 g/mol. The maximum atomic E-state index is 10.7. The van der Waals surface area contributed by atoms with Crippen LogP contribution in [0.15, 0.2) is 53.6 Å². The summed E-state index contributed by atoms with van der Waals surface area (Å²) in [5, 5.41) is 4.41. The van der Waals surface area contributed by atoms with Crippen molar-refractivity contribution >= 4 is 23.7 Å². The number of hydrogen-bond acceptors (Lipinski definition) is 4. The number of carbonyl (C=O) groups excluding carboxylic acids is 1. The molecule has 0 aliphatic heterocycles. The predicted molar refractivity (Wildman–Crippen MR) is 94.9 cm³/mol. The van der Waals surface area contributed by atoms with E-state index in [1.165, 1.54) is 6.92 Å². The standard InChI is InChI=1S/C18H19ClN2O3/c1-14(22)21-20-13-15-7-9-16(10-8-15)23-11-4-12-24-18-6-3-2-5-17(18)19/h2-3,5-10,13H,4,11-12H2,1H3,(H,21,22)/b20-13-. The van der Waals surface area contributed by atoms with Gasteiger partial charge >= 0.3 is 0 Å². The van der Waals surface area contributed by atoms with Gasteiger partial charge in [-0.2, -0.15) is 5.10 Å². The quantitative estimate of drug-likeness (QED) is 0.451. The molecule has 126 valence electrons. The highest BCUT2D eigenvalue weighted by atomic mass is 35.5. The van der Waals surface area contributed by atoms with Gasteiger partial charge in [0, 0.05) is 13.3 Å². The van der Waals surface area contributed by atoms with E-state index in [0.717, 1.165) is 17.7 Å². The first-order valence-corrected chi connectivity index (χ1v) is 7.93. The van der Waals surface area contributed by atoms with E-state index >= 15 is 0 Å². The average Bonchev–Trinajstić information content (AvgIpc) is 2.57. The van der Waals surface area contributed by atoms with Crippen LogP contribution in [0.2, 0.25) is 5.02 Å². The topological polar surface area (TPSA) is 59.9 Å². The molecule has 2 aromatic rings. The molecule has 1 N–H and O–H groups in total. The summed E-state index contributed by atoms with van der Waals surface area (Å²) in [6.07, 6.45) is 2.32. The van der Waals surface area contributed by atoms with E-state index in [1.54, 1.807) is 12.3 Å². The second-order valence-electron chi connectivity index (χ2n) is 4.98. The van der Waals surface area contributed by atoms with Crippen LogP contribution in [0, 0.1) is 0 Å². The van der Waals surface area contributed by atoms with E-state index in [2.05, 4.69) is 10.5 Å². The van der Waals surface area contributed by atoms with Crippen LogP contribution in [-0.2, 0) is 4.79 Å². The lowest BCUT2D eigenvalue weighted by molar-refractivity contribution is -0.118. The van der Waals surface area contributed by atoms with Gasteiger partial charge in [0.25, 0.3) is 0 Å². The molecule has 0 aliphatic carbocycles. The zero-order valence-corrected chi connectivity index (χ0v) is 14.1. The number of halogens is 1. The number of rotatable bonds is 8. The Morgan fingerprint density at radius 1 is 1.12 bits per heavy atom. The first kappa shape index (κ1) is 17.8. The third kappa shape index (κ3) is 6.30. The maximum Gasteiger partial charge on any atom is 0.236 e. The second kappa shape index (κ2) is 9.57. The molecule has 2 aromatic carbocycles. The van der Waals surface area contributed by atoms with Crippen molar-refractivity contribution in [2.24, 2.45) is 5.10 Å². The minimum Gasteiger partial charge on any atom is -0.493 e. The Hall–Kier alpha value is -2.53. The fraction of sp³-hybridized carbons (Fsp3) is 0.222. The first-order valence-electron chi connectivity index (χ1n) is 7.55. The monoisotopic (exact) mass is 346 g/mol. The summed E-state index contributed by atoms with van der Waals surface area (Å²) in [6, 6.07) is 14.8. The van der Waals surface area contributed by atoms with Crippen LogP contribution in [0.5, 0.6) is 11.5 Å². The van der Waals surface area contributed by atoms with Gasteiger partial charge < -0.3 is 9.47 Å². The van der Waals surface area contributed by atoms with Gasteiger partial charge in [-0.15, -0.1) is 0 Å². The van der Waals surface area contributed by atoms with Crippen LogP contribution in [0.4, 0.5) is 0 Å². The van der Waals surface area contributed by atoms with Gasteiger partial charge in [-0.05, 0) is 42.0 Å². The molecule has 0 unspecified atom stereocenters. The molecule has 24 heavy (non-hydrogen) atoms. The fourth-order valence-corrected chi connectivity index (χ4v) is 2.03. The van der Waals surface area contributed by atoms with Crippen molar-refractivity contribution in [3.8, 4) is 11.5 Å². The molecule has 0 aromatic heterocycles. The Balaban J connectivity index is 1.68. The van der Waals surface area contributed by atoms with Crippen LogP contribution in [0.3, 0.4) is 0 Å². The first-order chi connectivity index (χ1) is 11.6. The normalized spacial score (nSPS) is 10.6. The highest BCUT2D eigenvalue weighted by Crippen LogP contribution is 2.23. The third-order valence-corrected chi connectivity index (χ3v) is 3.28. The molecule has 0 saturated carbocycles. The number of ether oxygens (including phenoxy) is 2. The van der Waals surface area contributed by atoms with E-state index in [4.69, 9.17) is 21.1 Å². The molecule has 6 heteroatoms. The van der Waals surface area contributed by atoms with Gasteiger partial charge in [0.1, 0.15) is 11.5 Å². The summed E-state index contributed by atoms with van der Waals surface area (Å²) < 4.78 is 11.2. The van der Waals surface area contributed by atoms with Crippen LogP contribution < -0.4 is 14.9 Å². The molecule has 0 radical (unpaired) electrons. The summed E-state index contributed by atoms with van der Waals surface area (Å²) in [7, 11) is 0. The Kier molecular flexibility index (Phi) is 7.11. The Morgan fingerprint density at radius 2 is 1.83 bits per heavy atom. The van der Waals surface area contributed by atoms with Crippen molar-refractivity contribution in [2.75, 3.05) is 13.2 Å². The van der Waals surface area contributed by atoms with Crippen LogP contribution >= 0.6 is 11.6 Å². The Bertz CT molecular complexity index is 687. The van der Waals surface area contributed by atoms with Crippen LogP contribution in [0.25, 0.3) is 0 Å². The van der Waals surface area contributed by atoms with Crippen molar-refractivity contribution in [1.29, 1.82) is 0 Å². The number of nitrogens with zero attached hydrogens (tertiary/aromatic N) is 1. The molecular weight excluding hydrogens is 328 g/mol.